The molecule has 1 unspecified atom stereocenters. The summed E-state index contributed by atoms with van der Waals surface area (Å²) in [6, 6.07) is 7.74. The Morgan fingerprint density at radius 2 is 2.06 bits per heavy atom. The summed E-state index contributed by atoms with van der Waals surface area (Å²) in [5, 5.41) is 14.5. The highest BCUT2D eigenvalue weighted by Crippen LogP contribution is 2.05. The van der Waals surface area contributed by atoms with Gasteiger partial charge in [0.2, 0.25) is 0 Å². The molecule has 0 aliphatic heterocycles. The van der Waals surface area contributed by atoms with Gasteiger partial charge in [-0.15, -0.1) is 0 Å². The zero-order valence-corrected chi connectivity index (χ0v) is 10.4. The molecule has 0 saturated carbocycles. The Morgan fingerprint density at radius 1 is 1.35 bits per heavy atom. The van der Waals surface area contributed by atoms with Crippen molar-refractivity contribution in [3.05, 3.63) is 35.4 Å². The number of nitrogens with one attached hydrogen (secondary N) is 2. The van der Waals surface area contributed by atoms with Crippen LogP contribution in [0.4, 0.5) is 4.79 Å². The van der Waals surface area contributed by atoms with Crippen LogP contribution in [0, 0.1) is 6.92 Å². The van der Waals surface area contributed by atoms with Gasteiger partial charge in [0.1, 0.15) is 0 Å². The first-order valence-corrected chi connectivity index (χ1v) is 5.84. The third-order valence-corrected chi connectivity index (χ3v) is 2.55. The van der Waals surface area contributed by atoms with Crippen LogP contribution in [0.1, 0.15) is 24.5 Å². The number of amides is 2. The number of hydrogen-bond acceptors (Lipinski definition) is 2. The number of aliphatic hydroxyl groups excluding tert-OH is 1. The molecule has 3 N–H and O–H groups in total. The first-order valence-electron chi connectivity index (χ1n) is 5.84. The third kappa shape index (κ3) is 5.36. The summed E-state index contributed by atoms with van der Waals surface area (Å²) >= 11 is 0. The van der Waals surface area contributed by atoms with Crippen molar-refractivity contribution in [3.63, 3.8) is 0 Å². The summed E-state index contributed by atoms with van der Waals surface area (Å²) in [4.78, 5) is 11.4. The van der Waals surface area contributed by atoms with E-state index in [0.717, 1.165) is 11.1 Å². The normalized spacial score (nSPS) is 11.9. The van der Waals surface area contributed by atoms with Crippen LogP contribution in [0.2, 0.25) is 0 Å². The Labute approximate surface area is 102 Å². The van der Waals surface area contributed by atoms with E-state index in [0.29, 0.717) is 19.5 Å². The van der Waals surface area contributed by atoms with E-state index < -0.39 is 0 Å². The fraction of sp³-hybridized carbons (Fsp3) is 0.462. The van der Waals surface area contributed by atoms with Crippen LogP contribution >= 0.6 is 0 Å². The summed E-state index contributed by atoms with van der Waals surface area (Å²) in [7, 11) is 0. The fourth-order valence-corrected chi connectivity index (χ4v) is 1.44. The van der Waals surface area contributed by atoms with Crippen molar-refractivity contribution >= 4 is 6.03 Å². The average molecular weight is 236 g/mol. The van der Waals surface area contributed by atoms with Crippen LogP contribution in [-0.4, -0.2) is 23.8 Å². The molecular formula is C13H20N2O2. The van der Waals surface area contributed by atoms with Crippen molar-refractivity contribution in [2.45, 2.75) is 32.9 Å². The lowest BCUT2D eigenvalue weighted by atomic mass is 10.1. The summed E-state index contributed by atoms with van der Waals surface area (Å²) < 4.78 is 0. The van der Waals surface area contributed by atoms with E-state index in [2.05, 4.69) is 10.6 Å². The molecule has 1 aromatic rings. The molecule has 0 saturated heterocycles. The van der Waals surface area contributed by atoms with Crippen LogP contribution in [-0.2, 0) is 6.54 Å². The molecule has 0 fully saturated rings. The van der Waals surface area contributed by atoms with E-state index in [-0.39, 0.29) is 12.1 Å². The first kappa shape index (κ1) is 13.5. The first-order chi connectivity index (χ1) is 8.09. The second kappa shape index (κ2) is 6.91. The molecule has 0 bridgehead atoms. The summed E-state index contributed by atoms with van der Waals surface area (Å²) in [5.74, 6) is 0. The highest BCUT2D eigenvalue weighted by molar-refractivity contribution is 5.73. The molecule has 4 nitrogen and oxygen atoms in total. The SMILES string of the molecule is Cc1ccccc1CNC(=O)NCCC(C)O. The van der Waals surface area contributed by atoms with Gasteiger partial charge in [0.25, 0.3) is 0 Å². The largest absolute Gasteiger partial charge is 0.393 e. The molecule has 1 rings (SSSR count). The maximum atomic E-state index is 11.4. The van der Waals surface area contributed by atoms with Gasteiger partial charge in [-0.25, -0.2) is 4.79 Å². The number of carbonyl (C=O) groups excluding carboxylic acids is 1. The minimum atomic E-state index is -0.383. The van der Waals surface area contributed by atoms with Crippen molar-refractivity contribution in [1.29, 1.82) is 0 Å². The Morgan fingerprint density at radius 3 is 2.71 bits per heavy atom. The van der Waals surface area contributed by atoms with Gasteiger partial charge in [-0.1, -0.05) is 24.3 Å². The van der Waals surface area contributed by atoms with Crippen LogP contribution in [0.5, 0.6) is 0 Å². The van der Waals surface area contributed by atoms with Crippen LogP contribution < -0.4 is 10.6 Å². The van der Waals surface area contributed by atoms with Crippen molar-refractivity contribution < 1.29 is 9.90 Å². The van der Waals surface area contributed by atoms with Crippen LogP contribution in [0.3, 0.4) is 0 Å². The second-order valence-electron chi connectivity index (χ2n) is 4.17. The van der Waals surface area contributed by atoms with E-state index in [9.17, 15) is 4.79 Å². The van der Waals surface area contributed by atoms with Gasteiger partial charge in [-0.05, 0) is 31.4 Å². The maximum Gasteiger partial charge on any atom is 0.315 e. The molecule has 94 valence electrons. The zero-order valence-electron chi connectivity index (χ0n) is 10.4. The molecule has 2 amide bonds. The summed E-state index contributed by atoms with van der Waals surface area (Å²) in [6.45, 7) is 4.72. The fourth-order valence-electron chi connectivity index (χ4n) is 1.44. The lowest BCUT2D eigenvalue weighted by Gasteiger charge is -2.10. The highest BCUT2D eigenvalue weighted by atomic mass is 16.3. The van der Waals surface area contributed by atoms with E-state index in [1.807, 2.05) is 31.2 Å². The highest BCUT2D eigenvalue weighted by Gasteiger charge is 2.02. The molecule has 0 aromatic heterocycles. The number of aryl methyl sites for hydroxylation is 1. The predicted octanol–water partition coefficient (Wildman–Crippen LogP) is 1.57. The zero-order chi connectivity index (χ0) is 12.7. The van der Waals surface area contributed by atoms with Crippen molar-refractivity contribution in [2.75, 3.05) is 6.54 Å². The molecule has 0 aliphatic rings. The van der Waals surface area contributed by atoms with Crippen LogP contribution in [0.15, 0.2) is 24.3 Å². The topological polar surface area (TPSA) is 61.4 Å². The quantitative estimate of drug-likeness (QED) is 0.726. The number of aliphatic hydroxyl groups is 1. The standard InChI is InChI=1S/C13H20N2O2/c1-10-5-3-4-6-12(10)9-15-13(17)14-8-7-11(2)16/h3-6,11,16H,7-9H2,1-2H3,(H2,14,15,17). The second-order valence-corrected chi connectivity index (χ2v) is 4.17. The van der Waals surface area contributed by atoms with Crippen molar-refractivity contribution in [1.82, 2.24) is 10.6 Å². The van der Waals surface area contributed by atoms with Gasteiger partial charge in [0.05, 0.1) is 6.10 Å². The van der Waals surface area contributed by atoms with Crippen LogP contribution in [0.25, 0.3) is 0 Å². The van der Waals surface area contributed by atoms with E-state index in [1.54, 1.807) is 6.92 Å². The average Bonchev–Trinajstić information content (AvgIpc) is 2.27. The van der Waals surface area contributed by atoms with Gasteiger partial charge in [0.15, 0.2) is 0 Å². The number of urea groups is 1. The lowest BCUT2D eigenvalue weighted by molar-refractivity contribution is 0.183. The number of benzene rings is 1. The van der Waals surface area contributed by atoms with Crippen molar-refractivity contribution in [2.24, 2.45) is 0 Å². The van der Waals surface area contributed by atoms with Gasteiger partial charge in [0, 0.05) is 13.1 Å². The number of carbonyl (C=O) groups is 1. The molecule has 0 radical (unpaired) electrons. The molecule has 4 heteroatoms. The molecule has 1 atom stereocenters. The predicted molar refractivity (Wildman–Crippen MR) is 67.7 cm³/mol. The van der Waals surface area contributed by atoms with Gasteiger partial charge in [-0.2, -0.15) is 0 Å². The molecule has 0 spiro atoms. The van der Waals surface area contributed by atoms with Gasteiger partial charge in [-0.3, -0.25) is 0 Å². The van der Waals surface area contributed by atoms with Crippen molar-refractivity contribution in [3.8, 4) is 0 Å². The Balaban J connectivity index is 2.26. The Kier molecular flexibility index (Phi) is 5.49. The maximum absolute atomic E-state index is 11.4. The van der Waals surface area contributed by atoms with E-state index in [4.69, 9.17) is 5.11 Å². The minimum absolute atomic E-state index is 0.200. The van der Waals surface area contributed by atoms with Gasteiger partial charge >= 0.3 is 6.03 Å². The van der Waals surface area contributed by atoms with E-state index in [1.165, 1.54) is 0 Å². The molecule has 0 aliphatic carbocycles. The van der Waals surface area contributed by atoms with Gasteiger partial charge < -0.3 is 15.7 Å². The van der Waals surface area contributed by atoms with E-state index >= 15 is 0 Å². The molecule has 1 aromatic carbocycles. The minimum Gasteiger partial charge on any atom is -0.393 e. The third-order valence-electron chi connectivity index (χ3n) is 2.55. The lowest BCUT2D eigenvalue weighted by Crippen LogP contribution is -2.36. The molecule has 17 heavy (non-hydrogen) atoms. The molecular weight excluding hydrogens is 216 g/mol. The molecule has 0 heterocycles. The Bertz CT molecular complexity index is 364. The Hall–Kier alpha value is -1.55. The smallest absolute Gasteiger partial charge is 0.315 e. The number of hydrogen-bond donors (Lipinski definition) is 3. The summed E-state index contributed by atoms with van der Waals surface area (Å²) in [5.41, 5.74) is 2.27. The number of rotatable bonds is 5. The monoisotopic (exact) mass is 236 g/mol. The summed E-state index contributed by atoms with van der Waals surface area (Å²) in [6.07, 6.45) is 0.185.